The monoisotopic (exact) mass is 548 g/mol. The van der Waals surface area contributed by atoms with Crippen LogP contribution in [0.4, 0.5) is 26.4 Å². The van der Waals surface area contributed by atoms with E-state index in [1.54, 1.807) is 36.0 Å². The van der Waals surface area contributed by atoms with Crippen LogP contribution in [-0.2, 0) is 14.3 Å². The molecule has 2 atom stereocenters. The average molecular weight is 549 g/mol. The van der Waals surface area contributed by atoms with E-state index in [-0.39, 0.29) is 34.9 Å². The molecule has 2 aliphatic heterocycles. The summed E-state index contributed by atoms with van der Waals surface area (Å²) < 4.78 is 25.9. The van der Waals surface area contributed by atoms with Crippen LogP contribution in [0.1, 0.15) is 6.92 Å². The van der Waals surface area contributed by atoms with Crippen molar-refractivity contribution in [2.45, 2.75) is 13.0 Å². The number of rotatable bonds is 6. The number of para-hydroxylation sites is 1. The zero-order chi connectivity index (χ0) is 28.2. The fraction of sp³-hybridized carbons (Fsp3) is 0.286. The van der Waals surface area contributed by atoms with Crippen molar-refractivity contribution >= 4 is 35.0 Å². The summed E-state index contributed by atoms with van der Waals surface area (Å²) in [5, 5.41) is 8.53. The molecule has 11 nitrogen and oxygen atoms in total. The first-order valence-electron chi connectivity index (χ1n) is 12.8. The predicted octanol–water partition coefficient (Wildman–Crippen LogP) is 3.71. The van der Waals surface area contributed by atoms with Crippen molar-refractivity contribution in [1.29, 1.82) is 0 Å². The SMILES string of the molecule is CC1C(C(=O)Nc2ccc(Oc3ccnc(NC(=O)N4CCOCC4)c3)c(F)c2)C(=O)N(c2ccccc2)N1C. The molecule has 2 fully saturated rings. The molecule has 3 heterocycles. The van der Waals surface area contributed by atoms with Gasteiger partial charge < -0.3 is 19.7 Å². The number of morpholine rings is 1. The second kappa shape index (κ2) is 11.7. The van der Waals surface area contributed by atoms with Gasteiger partial charge in [0, 0.05) is 50.2 Å². The number of carbonyl (C=O) groups excluding carboxylic acids is 3. The number of hydrogen-bond acceptors (Lipinski definition) is 7. The Balaban J connectivity index is 1.23. The van der Waals surface area contributed by atoms with E-state index in [0.717, 1.165) is 6.07 Å². The largest absolute Gasteiger partial charge is 0.454 e. The lowest BCUT2D eigenvalue weighted by Gasteiger charge is -2.26. The highest BCUT2D eigenvalue weighted by atomic mass is 19.1. The van der Waals surface area contributed by atoms with Gasteiger partial charge in [0.25, 0.3) is 5.91 Å². The summed E-state index contributed by atoms with van der Waals surface area (Å²) in [7, 11) is 1.74. The molecule has 2 N–H and O–H groups in total. The number of halogens is 1. The van der Waals surface area contributed by atoms with Crippen LogP contribution >= 0.6 is 0 Å². The number of nitrogens with zero attached hydrogens (tertiary/aromatic N) is 4. The standard InChI is InChI=1S/C28H29FN6O5/c1-18-25(27(37)35(33(18)2)20-6-4-3-5-7-20)26(36)31-19-8-9-23(22(29)16-19)40-21-10-11-30-24(17-21)32-28(38)34-12-14-39-15-13-34/h3-11,16-18,25H,12-15H2,1-2H3,(H,31,36)(H,30,32,38). The van der Waals surface area contributed by atoms with E-state index in [0.29, 0.717) is 32.0 Å². The van der Waals surface area contributed by atoms with Crippen LogP contribution in [0.5, 0.6) is 11.5 Å². The lowest BCUT2D eigenvalue weighted by atomic mass is 10.0. The molecule has 208 valence electrons. The van der Waals surface area contributed by atoms with Gasteiger partial charge >= 0.3 is 6.03 Å². The van der Waals surface area contributed by atoms with Crippen LogP contribution in [0.3, 0.4) is 0 Å². The van der Waals surface area contributed by atoms with Crippen LogP contribution in [0.2, 0.25) is 0 Å². The second-order valence-electron chi connectivity index (χ2n) is 9.42. The number of nitrogens with one attached hydrogen (secondary N) is 2. The Kier molecular flexibility index (Phi) is 7.89. The lowest BCUT2D eigenvalue weighted by Crippen LogP contribution is -2.43. The molecule has 0 saturated carbocycles. The van der Waals surface area contributed by atoms with Gasteiger partial charge in [-0.15, -0.1) is 0 Å². The molecule has 3 aromatic rings. The highest BCUT2D eigenvalue weighted by molar-refractivity contribution is 6.13. The second-order valence-corrected chi connectivity index (χ2v) is 9.42. The number of ether oxygens (including phenoxy) is 2. The first-order valence-corrected chi connectivity index (χ1v) is 12.8. The highest BCUT2D eigenvalue weighted by Gasteiger charge is 2.47. The maximum absolute atomic E-state index is 15.0. The first-order chi connectivity index (χ1) is 19.3. The molecular formula is C28H29FN6O5. The van der Waals surface area contributed by atoms with Gasteiger partial charge in [-0.1, -0.05) is 18.2 Å². The maximum atomic E-state index is 15.0. The molecule has 0 bridgehead atoms. The molecular weight excluding hydrogens is 519 g/mol. The minimum atomic E-state index is -0.980. The van der Waals surface area contributed by atoms with Gasteiger partial charge in [-0.05, 0) is 37.3 Å². The van der Waals surface area contributed by atoms with Crippen LogP contribution in [0.25, 0.3) is 0 Å². The number of anilines is 3. The van der Waals surface area contributed by atoms with Crippen LogP contribution in [-0.4, -0.2) is 72.1 Å². The third-order valence-electron chi connectivity index (χ3n) is 6.84. The van der Waals surface area contributed by atoms with Gasteiger partial charge in [-0.2, -0.15) is 0 Å². The summed E-state index contributed by atoms with van der Waals surface area (Å²) >= 11 is 0. The van der Waals surface area contributed by atoms with E-state index in [1.807, 2.05) is 18.2 Å². The molecule has 2 saturated heterocycles. The van der Waals surface area contributed by atoms with Crippen LogP contribution in [0, 0.1) is 11.7 Å². The highest BCUT2D eigenvalue weighted by Crippen LogP contribution is 2.32. The van der Waals surface area contributed by atoms with Crippen molar-refractivity contribution in [3.05, 3.63) is 72.7 Å². The van der Waals surface area contributed by atoms with Crippen molar-refractivity contribution in [3.63, 3.8) is 0 Å². The summed E-state index contributed by atoms with van der Waals surface area (Å²) in [6, 6.07) is 15.3. The molecule has 12 heteroatoms. The Morgan fingerprint density at radius 3 is 2.52 bits per heavy atom. The molecule has 4 amide bonds. The summed E-state index contributed by atoms with van der Waals surface area (Å²) in [6.45, 7) is 3.69. The number of hydrazine groups is 1. The number of carbonyl (C=O) groups is 3. The van der Waals surface area contributed by atoms with Crippen LogP contribution < -0.4 is 20.4 Å². The molecule has 5 rings (SSSR count). The number of benzene rings is 2. The van der Waals surface area contributed by atoms with Crippen molar-refractivity contribution in [1.82, 2.24) is 14.9 Å². The molecule has 2 unspecified atom stereocenters. The average Bonchev–Trinajstić information content (AvgIpc) is 3.18. The Morgan fingerprint density at radius 2 is 1.80 bits per heavy atom. The summed E-state index contributed by atoms with van der Waals surface area (Å²) in [5.41, 5.74) is 0.841. The Morgan fingerprint density at radius 1 is 1.05 bits per heavy atom. The van der Waals surface area contributed by atoms with Crippen molar-refractivity contribution in [2.75, 3.05) is 49.0 Å². The third kappa shape index (κ3) is 5.72. The van der Waals surface area contributed by atoms with Crippen molar-refractivity contribution in [3.8, 4) is 11.5 Å². The fourth-order valence-corrected chi connectivity index (χ4v) is 4.61. The Bertz CT molecular complexity index is 1400. The van der Waals surface area contributed by atoms with E-state index in [1.165, 1.54) is 35.5 Å². The maximum Gasteiger partial charge on any atom is 0.323 e. The number of amides is 4. The molecule has 2 aromatic carbocycles. The van der Waals surface area contributed by atoms with Gasteiger partial charge in [0.05, 0.1) is 18.9 Å². The molecule has 0 spiro atoms. The quantitative estimate of drug-likeness (QED) is 0.451. The summed E-state index contributed by atoms with van der Waals surface area (Å²) in [5.74, 6) is -2.18. The topological polar surface area (TPSA) is 116 Å². The molecule has 1 aromatic heterocycles. The van der Waals surface area contributed by atoms with Crippen molar-refractivity contribution in [2.24, 2.45) is 5.92 Å². The zero-order valence-electron chi connectivity index (χ0n) is 22.0. The fourth-order valence-electron chi connectivity index (χ4n) is 4.61. The minimum absolute atomic E-state index is 0.0880. The minimum Gasteiger partial charge on any atom is -0.454 e. The van der Waals surface area contributed by atoms with E-state index in [9.17, 15) is 18.8 Å². The molecule has 2 aliphatic rings. The van der Waals surface area contributed by atoms with Gasteiger partial charge in [-0.3, -0.25) is 14.9 Å². The number of pyridine rings is 1. The van der Waals surface area contributed by atoms with Gasteiger partial charge in [0.2, 0.25) is 5.91 Å². The first kappa shape index (κ1) is 27.0. The lowest BCUT2D eigenvalue weighted by molar-refractivity contribution is -0.129. The smallest absolute Gasteiger partial charge is 0.323 e. The van der Waals surface area contributed by atoms with Gasteiger partial charge in [0.15, 0.2) is 11.6 Å². The normalized spacial score (nSPS) is 19.4. The van der Waals surface area contributed by atoms with Crippen LogP contribution in [0.15, 0.2) is 66.9 Å². The zero-order valence-corrected chi connectivity index (χ0v) is 22.0. The van der Waals surface area contributed by atoms with Crippen molar-refractivity contribution < 1.29 is 28.2 Å². The number of urea groups is 1. The van der Waals surface area contributed by atoms with E-state index >= 15 is 0 Å². The third-order valence-corrected chi connectivity index (χ3v) is 6.84. The summed E-state index contributed by atoms with van der Waals surface area (Å²) in [4.78, 5) is 44.4. The van der Waals surface area contributed by atoms with Gasteiger partial charge in [0.1, 0.15) is 17.5 Å². The number of hydrogen-bond donors (Lipinski definition) is 2. The Hall–Kier alpha value is -4.55. The molecule has 40 heavy (non-hydrogen) atoms. The van der Waals surface area contributed by atoms with E-state index in [2.05, 4.69) is 15.6 Å². The van der Waals surface area contributed by atoms with E-state index < -0.39 is 23.7 Å². The predicted molar refractivity (Wildman–Crippen MR) is 145 cm³/mol. The molecule has 0 aliphatic carbocycles. The Labute approximate surface area is 230 Å². The van der Waals surface area contributed by atoms with E-state index in [4.69, 9.17) is 9.47 Å². The molecule has 0 radical (unpaired) electrons. The number of aromatic nitrogens is 1. The van der Waals surface area contributed by atoms with Gasteiger partial charge in [-0.25, -0.2) is 24.2 Å². The summed E-state index contributed by atoms with van der Waals surface area (Å²) in [6.07, 6.45) is 1.44.